The molecule has 1 aromatic heterocycles. The molecule has 0 saturated heterocycles. The molecular weight excluding hydrogens is 308 g/mol. The summed E-state index contributed by atoms with van der Waals surface area (Å²) in [6.07, 6.45) is 0.960. The van der Waals surface area contributed by atoms with Gasteiger partial charge in [0.1, 0.15) is 5.82 Å². The molecule has 0 N–H and O–H groups in total. The van der Waals surface area contributed by atoms with Gasteiger partial charge >= 0.3 is 6.55 Å². The average Bonchev–Trinajstić information content (AvgIpc) is 2.94. The van der Waals surface area contributed by atoms with Crippen molar-refractivity contribution in [2.75, 3.05) is 6.54 Å². The van der Waals surface area contributed by atoms with E-state index in [4.69, 9.17) is 0 Å². The van der Waals surface area contributed by atoms with Gasteiger partial charge in [-0.3, -0.25) is 9.47 Å². The van der Waals surface area contributed by atoms with Gasteiger partial charge in [0.15, 0.2) is 0 Å². The molecule has 0 spiro atoms. The highest BCUT2D eigenvalue weighted by molar-refractivity contribution is 5.75. The molecule has 0 radical (unpaired) electrons. The van der Waals surface area contributed by atoms with Crippen molar-refractivity contribution < 1.29 is 8.78 Å². The first kappa shape index (κ1) is 16.6. The number of hydrogen-bond acceptors (Lipinski definition) is 2. The molecule has 0 fully saturated rings. The van der Waals surface area contributed by atoms with Crippen LogP contribution in [0.4, 0.5) is 8.78 Å². The molecular formula is C19H21F2N3. The number of rotatable bonds is 7. The van der Waals surface area contributed by atoms with Gasteiger partial charge in [-0.2, -0.15) is 8.78 Å². The highest BCUT2D eigenvalue weighted by Gasteiger charge is 2.19. The Morgan fingerprint density at radius 1 is 1.00 bits per heavy atom. The van der Waals surface area contributed by atoms with E-state index in [-0.39, 0.29) is 0 Å². The number of imidazole rings is 1. The minimum atomic E-state index is -2.59. The van der Waals surface area contributed by atoms with E-state index in [1.807, 2.05) is 24.3 Å². The van der Waals surface area contributed by atoms with Crippen LogP contribution in [-0.4, -0.2) is 21.0 Å². The van der Waals surface area contributed by atoms with Crippen LogP contribution in [-0.2, 0) is 13.1 Å². The van der Waals surface area contributed by atoms with E-state index in [1.165, 1.54) is 5.56 Å². The smallest absolute Gasteiger partial charge is 0.292 e. The minimum Gasteiger partial charge on any atom is -0.292 e. The number of alkyl halides is 2. The number of halogens is 2. The molecule has 1 heterocycles. The highest BCUT2D eigenvalue weighted by Crippen LogP contribution is 2.24. The Labute approximate surface area is 140 Å². The summed E-state index contributed by atoms with van der Waals surface area (Å²) in [5.41, 5.74) is 2.27. The SMILES string of the molecule is CCCN(Cc1ccccc1)Cc1nc2ccccc2n1C(F)F. The van der Waals surface area contributed by atoms with Crippen LogP contribution in [0.3, 0.4) is 0 Å². The van der Waals surface area contributed by atoms with Crippen molar-refractivity contribution in [3.8, 4) is 0 Å². The summed E-state index contributed by atoms with van der Waals surface area (Å²) in [7, 11) is 0. The van der Waals surface area contributed by atoms with Crippen LogP contribution in [0.5, 0.6) is 0 Å². The first-order valence-electron chi connectivity index (χ1n) is 8.19. The lowest BCUT2D eigenvalue weighted by atomic mass is 10.2. The van der Waals surface area contributed by atoms with E-state index in [1.54, 1.807) is 18.2 Å². The Kier molecular flexibility index (Phi) is 5.20. The summed E-state index contributed by atoms with van der Waals surface area (Å²) in [6, 6.07) is 17.1. The molecule has 0 amide bonds. The number of benzene rings is 2. The van der Waals surface area contributed by atoms with E-state index in [0.717, 1.165) is 24.1 Å². The van der Waals surface area contributed by atoms with Crippen molar-refractivity contribution in [1.82, 2.24) is 14.5 Å². The van der Waals surface area contributed by atoms with Gasteiger partial charge in [0.25, 0.3) is 0 Å². The van der Waals surface area contributed by atoms with Gasteiger partial charge in [-0.25, -0.2) is 4.98 Å². The lowest BCUT2D eigenvalue weighted by Crippen LogP contribution is -2.25. The first-order valence-corrected chi connectivity index (χ1v) is 8.19. The van der Waals surface area contributed by atoms with Crippen LogP contribution in [0.15, 0.2) is 54.6 Å². The van der Waals surface area contributed by atoms with E-state index in [0.29, 0.717) is 23.4 Å². The molecule has 3 aromatic rings. The zero-order valence-corrected chi connectivity index (χ0v) is 13.7. The second kappa shape index (κ2) is 7.53. The maximum atomic E-state index is 13.6. The van der Waals surface area contributed by atoms with Crippen LogP contribution >= 0.6 is 0 Å². The normalized spacial score (nSPS) is 11.7. The van der Waals surface area contributed by atoms with Crippen LogP contribution in [0.25, 0.3) is 11.0 Å². The predicted molar refractivity (Wildman–Crippen MR) is 91.8 cm³/mol. The summed E-state index contributed by atoms with van der Waals surface area (Å²) in [5.74, 6) is 0.413. The van der Waals surface area contributed by atoms with Gasteiger partial charge in [0.2, 0.25) is 0 Å². The third-order valence-electron chi connectivity index (χ3n) is 4.02. The van der Waals surface area contributed by atoms with E-state index >= 15 is 0 Å². The van der Waals surface area contributed by atoms with Crippen LogP contribution in [0.2, 0.25) is 0 Å². The summed E-state index contributed by atoms with van der Waals surface area (Å²) < 4.78 is 28.2. The monoisotopic (exact) mass is 329 g/mol. The van der Waals surface area contributed by atoms with Gasteiger partial charge in [-0.1, -0.05) is 49.4 Å². The van der Waals surface area contributed by atoms with Gasteiger partial charge in [0.05, 0.1) is 17.6 Å². The molecule has 2 aromatic carbocycles. The summed E-state index contributed by atoms with van der Waals surface area (Å²) >= 11 is 0. The topological polar surface area (TPSA) is 21.1 Å². The number of nitrogens with zero attached hydrogens (tertiary/aromatic N) is 3. The zero-order valence-electron chi connectivity index (χ0n) is 13.7. The molecule has 3 rings (SSSR count). The number of fused-ring (bicyclic) bond motifs is 1. The molecule has 0 aliphatic heterocycles. The van der Waals surface area contributed by atoms with Crippen molar-refractivity contribution >= 4 is 11.0 Å². The average molecular weight is 329 g/mol. The third-order valence-corrected chi connectivity index (χ3v) is 4.02. The van der Waals surface area contributed by atoms with Crippen LogP contribution in [0, 0.1) is 0 Å². The van der Waals surface area contributed by atoms with Crippen molar-refractivity contribution in [3.63, 3.8) is 0 Å². The second-order valence-electron chi connectivity index (χ2n) is 5.86. The van der Waals surface area contributed by atoms with Crippen molar-refractivity contribution in [2.24, 2.45) is 0 Å². The fourth-order valence-electron chi connectivity index (χ4n) is 3.00. The largest absolute Gasteiger partial charge is 0.320 e. The number of hydrogen-bond donors (Lipinski definition) is 0. The molecule has 24 heavy (non-hydrogen) atoms. The third kappa shape index (κ3) is 3.62. The molecule has 0 aliphatic carbocycles. The lowest BCUT2D eigenvalue weighted by Gasteiger charge is -2.22. The van der Waals surface area contributed by atoms with Gasteiger partial charge in [-0.15, -0.1) is 0 Å². The molecule has 0 saturated carbocycles. The second-order valence-corrected chi connectivity index (χ2v) is 5.86. The molecule has 3 nitrogen and oxygen atoms in total. The Hall–Kier alpha value is -2.27. The molecule has 5 heteroatoms. The zero-order chi connectivity index (χ0) is 16.9. The first-order chi connectivity index (χ1) is 11.7. The van der Waals surface area contributed by atoms with Gasteiger partial charge in [-0.05, 0) is 30.7 Å². The molecule has 0 bridgehead atoms. The molecule has 0 aliphatic rings. The number of para-hydroxylation sites is 2. The Morgan fingerprint density at radius 2 is 1.71 bits per heavy atom. The Balaban J connectivity index is 1.89. The van der Waals surface area contributed by atoms with Crippen molar-refractivity contribution in [1.29, 1.82) is 0 Å². The predicted octanol–water partition coefficient (Wildman–Crippen LogP) is 4.84. The van der Waals surface area contributed by atoms with Crippen molar-refractivity contribution in [3.05, 3.63) is 66.0 Å². The Bertz CT molecular complexity index is 784. The van der Waals surface area contributed by atoms with Gasteiger partial charge in [0, 0.05) is 6.54 Å². The quantitative estimate of drug-likeness (QED) is 0.618. The maximum Gasteiger partial charge on any atom is 0.320 e. The standard InChI is InChI=1S/C19H21F2N3/c1-2-12-23(13-15-8-4-3-5-9-15)14-18-22-16-10-6-7-11-17(16)24(18)19(20)21/h3-11,19H,2,12-14H2,1H3. The fraction of sp³-hybridized carbons (Fsp3) is 0.316. The maximum absolute atomic E-state index is 13.6. The van der Waals surface area contributed by atoms with Crippen molar-refractivity contribution in [2.45, 2.75) is 33.0 Å². The minimum absolute atomic E-state index is 0.405. The molecule has 126 valence electrons. The molecule has 0 atom stereocenters. The fourth-order valence-corrected chi connectivity index (χ4v) is 3.00. The lowest BCUT2D eigenvalue weighted by molar-refractivity contribution is 0.0681. The number of aromatic nitrogens is 2. The highest BCUT2D eigenvalue weighted by atomic mass is 19.3. The van der Waals surface area contributed by atoms with E-state index < -0.39 is 6.55 Å². The van der Waals surface area contributed by atoms with E-state index in [2.05, 4.69) is 28.9 Å². The van der Waals surface area contributed by atoms with Crippen LogP contribution in [0.1, 0.15) is 31.3 Å². The van der Waals surface area contributed by atoms with E-state index in [9.17, 15) is 8.78 Å². The molecule has 0 unspecified atom stereocenters. The Morgan fingerprint density at radius 3 is 2.42 bits per heavy atom. The summed E-state index contributed by atoms with van der Waals surface area (Å²) in [6.45, 7) is 1.46. The summed E-state index contributed by atoms with van der Waals surface area (Å²) in [5, 5.41) is 0. The summed E-state index contributed by atoms with van der Waals surface area (Å²) in [4.78, 5) is 6.60. The van der Waals surface area contributed by atoms with Crippen LogP contribution < -0.4 is 0 Å². The van der Waals surface area contributed by atoms with Gasteiger partial charge < -0.3 is 0 Å².